The molecule has 0 N–H and O–H groups in total. The summed E-state index contributed by atoms with van der Waals surface area (Å²) in [6.45, 7) is 4.39. The SMILES string of the molecule is CCn1c(C=NS(=O)c2ccc(C)cc2)nnc1Oc1ccc(F)cc1. The Bertz CT molecular complexity index is 937. The van der Waals surface area contributed by atoms with Crippen LogP contribution in [0.4, 0.5) is 4.39 Å². The van der Waals surface area contributed by atoms with Gasteiger partial charge >= 0.3 is 6.01 Å². The molecule has 0 amide bonds. The lowest BCUT2D eigenvalue weighted by molar-refractivity contribution is 0.412. The largest absolute Gasteiger partial charge is 0.424 e. The Morgan fingerprint density at radius 2 is 1.85 bits per heavy atom. The first-order valence-electron chi connectivity index (χ1n) is 7.96. The van der Waals surface area contributed by atoms with Gasteiger partial charge in [0, 0.05) is 6.54 Å². The predicted molar refractivity (Wildman–Crippen MR) is 97.4 cm³/mol. The lowest BCUT2D eigenvalue weighted by atomic mass is 10.2. The average molecular weight is 372 g/mol. The summed E-state index contributed by atoms with van der Waals surface area (Å²) in [7, 11) is -1.53. The van der Waals surface area contributed by atoms with Crippen LogP contribution in [0, 0.1) is 12.7 Å². The maximum absolute atomic E-state index is 13.0. The van der Waals surface area contributed by atoms with Crippen LogP contribution in [0.1, 0.15) is 18.3 Å². The summed E-state index contributed by atoms with van der Waals surface area (Å²) in [6, 6.07) is 13.2. The van der Waals surface area contributed by atoms with Crippen LogP contribution in [0.3, 0.4) is 0 Å². The summed E-state index contributed by atoms with van der Waals surface area (Å²) in [5.41, 5.74) is 1.09. The van der Waals surface area contributed by atoms with Crippen molar-refractivity contribution in [2.45, 2.75) is 25.3 Å². The molecule has 0 fully saturated rings. The summed E-state index contributed by atoms with van der Waals surface area (Å²) in [4.78, 5) is 0.609. The Morgan fingerprint density at radius 1 is 1.15 bits per heavy atom. The van der Waals surface area contributed by atoms with Crippen molar-refractivity contribution in [3.63, 3.8) is 0 Å². The molecule has 26 heavy (non-hydrogen) atoms. The Labute approximate surface area is 153 Å². The molecule has 1 atom stereocenters. The van der Waals surface area contributed by atoms with Crippen LogP contribution in [0.15, 0.2) is 57.8 Å². The standard InChI is InChI=1S/C18H17FN4O2S/c1-3-23-17(12-20-26(24)16-10-4-13(2)5-11-16)21-22-18(23)25-15-8-6-14(19)7-9-15/h4-12H,3H2,1-2H3. The van der Waals surface area contributed by atoms with Gasteiger partial charge in [-0.3, -0.25) is 4.57 Å². The van der Waals surface area contributed by atoms with Crippen molar-refractivity contribution >= 4 is 17.2 Å². The molecule has 0 saturated heterocycles. The molecule has 3 rings (SSSR count). The fraction of sp³-hybridized carbons (Fsp3) is 0.167. The first-order chi connectivity index (χ1) is 12.6. The first kappa shape index (κ1) is 17.9. The highest BCUT2D eigenvalue weighted by molar-refractivity contribution is 7.83. The molecule has 6 nitrogen and oxygen atoms in total. The topological polar surface area (TPSA) is 69.4 Å². The minimum atomic E-state index is -1.53. The number of rotatable bonds is 6. The van der Waals surface area contributed by atoms with Crippen LogP contribution in [-0.2, 0) is 17.5 Å². The lowest BCUT2D eigenvalue weighted by Gasteiger charge is -2.06. The second kappa shape index (κ2) is 8.01. The number of benzene rings is 2. The van der Waals surface area contributed by atoms with Crippen LogP contribution in [0.25, 0.3) is 0 Å². The highest BCUT2D eigenvalue weighted by Gasteiger charge is 2.12. The van der Waals surface area contributed by atoms with Crippen molar-refractivity contribution in [3.8, 4) is 11.8 Å². The number of ether oxygens (including phenoxy) is 1. The third-order valence-electron chi connectivity index (χ3n) is 3.57. The zero-order valence-corrected chi connectivity index (χ0v) is 15.1. The molecule has 3 aromatic rings. The maximum Gasteiger partial charge on any atom is 0.322 e. The monoisotopic (exact) mass is 372 g/mol. The average Bonchev–Trinajstić information content (AvgIpc) is 3.03. The second-order valence-electron chi connectivity index (χ2n) is 5.44. The third kappa shape index (κ3) is 4.20. The number of aromatic nitrogens is 3. The highest BCUT2D eigenvalue weighted by atomic mass is 32.2. The van der Waals surface area contributed by atoms with E-state index in [1.165, 1.54) is 30.5 Å². The van der Waals surface area contributed by atoms with Crippen molar-refractivity contribution in [2.24, 2.45) is 4.40 Å². The number of hydrogen-bond acceptors (Lipinski definition) is 4. The van der Waals surface area contributed by atoms with Gasteiger partial charge in [-0.05, 0) is 50.2 Å². The van der Waals surface area contributed by atoms with E-state index in [0.717, 1.165) is 5.56 Å². The number of halogens is 1. The molecule has 8 heteroatoms. The minimum absolute atomic E-state index is 0.252. The van der Waals surface area contributed by atoms with Crippen molar-refractivity contribution < 1.29 is 13.3 Å². The normalized spacial score (nSPS) is 12.4. The van der Waals surface area contributed by atoms with Crippen molar-refractivity contribution in [1.29, 1.82) is 0 Å². The summed E-state index contributed by atoms with van der Waals surface area (Å²) in [5.74, 6) is 0.519. The second-order valence-corrected chi connectivity index (χ2v) is 6.62. The van der Waals surface area contributed by atoms with E-state index in [1.54, 1.807) is 16.7 Å². The van der Waals surface area contributed by atoms with Crippen LogP contribution in [-0.4, -0.2) is 25.2 Å². The first-order valence-corrected chi connectivity index (χ1v) is 9.06. The van der Waals surface area contributed by atoms with Gasteiger partial charge < -0.3 is 4.74 Å². The molecule has 1 heterocycles. The molecule has 2 aromatic carbocycles. The lowest BCUT2D eigenvalue weighted by Crippen LogP contribution is -2.03. The van der Waals surface area contributed by atoms with E-state index in [9.17, 15) is 8.60 Å². The molecule has 0 spiro atoms. The fourth-order valence-corrected chi connectivity index (χ4v) is 2.87. The van der Waals surface area contributed by atoms with E-state index in [4.69, 9.17) is 4.74 Å². The predicted octanol–water partition coefficient (Wildman–Crippen LogP) is 3.68. The zero-order valence-electron chi connectivity index (χ0n) is 14.3. The van der Waals surface area contributed by atoms with Gasteiger partial charge in [-0.1, -0.05) is 22.8 Å². The Hall–Kier alpha value is -2.87. The quantitative estimate of drug-likeness (QED) is 0.619. The Balaban J connectivity index is 1.78. The summed E-state index contributed by atoms with van der Waals surface area (Å²) in [6.07, 6.45) is 1.41. The molecule has 0 bridgehead atoms. The molecule has 0 aliphatic heterocycles. The summed E-state index contributed by atoms with van der Waals surface area (Å²) >= 11 is 0. The summed E-state index contributed by atoms with van der Waals surface area (Å²) < 4.78 is 36.6. The zero-order chi connectivity index (χ0) is 18.5. The van der Waals surface area contributed by atoms with Crippen molar-refractivity contribution in [3.05, 3.63) is 65.7 Å². The van der Waals surface area contributed by atoms with Crippen LogP contribution >= 0.6 is 0 Å². The number of aryl methyl sites for hydroxylation is 1. The minimum Gasteiger partial charge on any atom is -0.424 e. The van der Waals surface area contributed by atoms with E-state index in [1.807, 2.05) is 26.0 Å². The van der Waals surface area contributed by atoms with Crippen LogP contribution < -0.4 is 4.74 Å². The summed E-state index contributed by atoms with van der Waals surface area (Å²) in [5, 5.41) is 7.98. The van der Waals surface area contributed by atoms with E-state index >= 15 is 0 Å². The molecule has 0 saturated carbocycles. The van der Waals surface area contributed by atoms with E-state index < -0.39 is 11.0 Å². The van der Waals surface area contributed by atoms with Gasteiger partial charge in [0.1, 0.15) is 11.6 Å². The van der Waals surface area contributed by atoms with Crippen LogP contribution in [0.2, 0.25) is 0 Å². The van der Waals surface area contributed by atoms with Gasteiger partial charge in [-0.25, -0.2) is 8.60 Å². The van der Waals surface area contributed by atoms with Crippen molar-refractivity contribution in [1.82, 2.24) is 14.8 Å². The van der Waals surface area contributed by atoms with Gasteiger partial charge in [0.05, 0.1) is 11.1 Å². The van der Waals surface area contributed by atoms with Gasteiger partial charge in [0.15, 0.2) is 16.8 Å². The van der Waals surface area contributed by atoms with Gasteiger partial charge in [-0.15, -0.1) is 5.10 Å². The third-order valence-corrected chi connectivity index (χ3v) is 4.54. The van der Waals surface area contributed by atoms with Crippen molar-refractivity contribution in [2.75, 3.05) is 0 Å². The van der Waals surface area contributed by atoms with Gasteiger partial charge in [0.25, 0.3) is 0 Å². The molecular weight excluding hydrogens is 355 g/mol. The smallest absolute Gasteiger partial charge is 0.322 e. The molecule has 0 aliphatic carbocycles. The fourth-order valence-electron chi connectivity index (χ4n) is 2.19. The molecule has 1 aromatic heterocycles. The maximum atomic E-state index is 13.0. The number of nitrogens with zero attached hydrogens (tertiary/aromatic N) is 4. The van der Waals surface area contributed by atoms with Crippen LogP contribution in [0.5, 0.6) is 11.8 Å². The molecule has 0 radical (unpaired) electrons. The molecule has 0 aliphatic rings. The highest BCUT2D eigenvalue weighted by Crippen LogP contribution is 2.20. The molecular formula is C18H17FN4O2S. The van der Waals surface area contributed by atoms with E-state index in [0.29, 0.717) is 23.0 Å². The molecule has 134 valence electrons. The van der Waals surface area contributed by atoms with Gasteiger partial charge in [-0.2, -0.15) is 4.40 Å². The Morgan fingerprint density at radius 3 is 2.50 bits per heavy atom. The number of hydrogen-bond donors (Lipinski definition) is 0. The van der Waals surface area contributed by atoms with E-state index in [2.05, 4.69) is 14.6 Å². The molecule has 1 unspecified atom stereocenters. The van der Waals surface area contributed by atoms with E-state index in [-0.39, 0.29) is 11.8 Å². The van der Waals surface area contributed by atoms with Gasteiger partial charge in [0.2, 0.25) is 0 Å². The Kier molecular flexibility index (Phi) is 5.52.